The normalized spacial score (nSPS) is 14.5. The number of carbonyl (C=O) groups excluding carboxylic acids is 3. The van der Waals surface area contributed by atoms with E-state index in [-0.39, 0.29) is 18.0 Å². The summed E-state index contributed by atoms with van der Waals surface area (Å²) in [6, 6.07) is 15.4. The van der Waals surface area contributed by atoms with Gasteiger partial charge in [-0.25, -0.2) is 14.1 Å². The van der Waals surface area contributed by atoms with Crippen LogP contribution in [0.3, 0.4) is 0 Å². The summed E-state index contributed by atoms with van der Waals surface area (Å²) in [6.07, 6.45) is 3.51. The van der Waals surface area contributed by atoms with Crippen molar-refractivity contribution >= 4 is 29.6 Å². The largest absolute Gasteiger partial charge is 0.493 e. The van der Waals surface area contributed by atoms with Crippen LogP contribution in [0.15, 0.2) is 78.9 Å². The van der Waals surface area contributed by atoms with Crippen molar-refractivity contribution in [3.8, 4) is 11.5 Å². The highest BCUT2D eigenvalue weighted by atomic mass is 19.1. The molecule has 4 amide bonds. The quantitative estimate of drug-likeness (QED) is 0.264. The Labute approximate surface area is 213 Å². The van der Waals surface area contributed by atoms with E-state index in [0.29, 0.717) is 34.7 Å². The number of imide groups is 2. The molecular weight excluding hydrogens is 475 g/mol. The summed E-state index contributed by atoms with van der Waals surface area (Å²) in [5.74, 6) is -1.03. The number of ether oxygens (including phenoxy) is 2. The van der Waals surface area contributed by atoms with E-state index in [1.165, 1.54) is 25.3 Å². The van der Waals surface area contributed by atoms with E-state index in [1.807, 2.05) is 6.92 Å². The second kappa shape index (κ2) is 10.9. The van der Waals surface area contributed by atoms with Crippen LogP contribution >= 0.6 is 0 Å². The monoisotopic (exact) mass is 500 g/mol. The molecule has 1 aliphatic heterocycles. The fourth-order valence-electron chi connectivity index (χ4n) is 3.88. The van der Waals surface area contributed by atoms with Crippen LogP contribution in [-0.4, -0.2) is 25.0 Å². The van der Waals surface area contributed by atoms with Crippen molar-refractivity contribution in [2.24, 2.45) is 0 Å². The van der Waals surface area contributed by atoms with Gasteiger partial charge in [0.15, 0.2) is 11.5 Å². The van der Waals surface area contributed by atoms with Crippen molar-refractivity contribution in [3.05, 3.63) is 107 Å². The van der Waals surface area contributed by atoms with Crippen LogP contribution in [0.5, 0.6) is 11.5 Å². The summed E-state index contributed by atoms with van der Waals surface area (Å²) in [6.45, 7) is 5.86. The number of nitrogens with one attached hydrogen (secondary N) is 1. The van der Waals surface area contributed by atoms with E-state index < -0.39 is 17.8 Å². The highest BCUT2D eigenvalue weighted by Crippen LogP contribution is 2.35. The van der Waals surface area contributed by atoms with Gasteiger partial charge in [0.25, 0.3) is 11.8 Å². The van der Waals surface area contributed by atoms with Gasteiger partial charge in [-0.05, 0) is 66.9 Å². The van der Waals surface area contributed by atoms with Gasteiger partial charge in [0.2, 0.25) is 0 Å². The zero-order chi connectivity index (χ0) is 26.5. The fraction of sp³-hybridized carbons (Fsp3) is 0.138. The summed E-state index contributed by atoms with van der Waals surface area (Å²) in [5.41, 5.74) is 3.08. The standard InChI is InChI=1S/C29H25FN2O5/c1-4-5-21-14-20(16-25(36-3)26(21)37-17-19-8-10-22(30)11-9-19)15-24-27(33)31-29(35)32(28(24)34)23-12-6-18(2)7-13-23/h4,6-16H,1,5,17H2,2-3H3,(H,31,33,35)/b24-15+. The first-order chi connectivity index (χ1) is 17.8. The minimum atomic E-state index is -0.814. The molecule has 3 aromatic carbocycles. The number of urea groups is 1. The number of allylic oxidation sites excluding steroid dienone is 1. The maximum atomic E-state index is 13.2. The number of barbiturate groups is 1. The molecule has 0 unspecified atom stereocenters. The first-order valence-electron chi connectivity index (χ1n) is 11.5. The summed E-state index contributed by atoms with van der Waals surface area (Å²) < 4.78 is 24.8. The van der Waals surface area contributed by atoms with Crippen LogP contribution in [-0.2, 0) is 22.6 Å². The van der Waals surface area contributed by atoms with E-state index in [4.69, 9.17) is 9.47 Å². The molecule has 8 heteroatoms. The van der Waals surface area contributed by atoms with Crippen LogP contribution in [0.2, 0.25) is 0 Å². The van der Waals surface area contributed by atoms with Crippen LogP contribution in [0.4, 0.5) is 14.9 Å². The molecule has 37 heavy (non-hydrogen) atoms. The van der Waals surface area contributed by atoms with Crippen molar-refractivity contribution in [3.63, 3.8) is 0 Å². The summed E-state index contributed by atoms with van der Waals surface area (Å²) >= 11 is 0. The number of hydrogen-bond donors (Lipinski definition) is 1. The van der Waals surface area contributed by atoms with Gasteiger partial charge in [-0.1, -0.05) is 35.9 Å². The zero-order valence-electron chi connectivity index (χ0n) is 20.4. The molecule has 3 aromatic rings. The molecule has 1 aliphatic rings. The lowest BCUT2D eigenvalue weighted by Crippen LogP contribution is -2.54. The Morgan fingerprint density at radius 1 is 1.03 bits per heavy atom. The molecule has 188 valence electrons. The Balaban J connectivity index is 1.69. The minimum Gasteiger partial charge on any atom is -0.493 e. The van der Waals surface area contributed by atoms with E-state index in [9.17, 15) is 18.8 Å². The first-order valence-corrected chi connectivity index (χ1v) is 11.5. The van der Waals surface area contributed by atoms with Crippen molar-refractivity contribution in [2.75, 3.05) is 12.0 Å². The molecule has 4 rings (SSSR count). The predicted octanol–water partition coefficient (Wildman–Crippen LogP) is 5.12. The Kier molecular flexibility index (Phi) is 7.48. The molecule has 0 spiro atoms. The highest BCUT2D eigenvalue weighted by molar-refractivity contribution is 6.39. The molecule has 0 bridgehead atoms. The number of methoxy groups -OCH3 is 1. The number of anilines is 1. The van der Waals surface area contributed by atoms with Crippen LogP contribution in [0, 0.1) is 12.7 Å². The lowest BCUT2D eigenvalue weighted by molar-refractivity contribution is -0.122. The summed E-state index contributed by atoms with van der Waals surface area (Å²) in [7, 11) is 1.48. The van der Waals surface area contributed by atoms with E-state index in [2.05, 4.69) is 11.9 Å². The molecule has 0 atom stereocenters. The minimum absolute atomic E-state index is 0.176. The SMILES string of the molecule is C=CCc1cc(/C=C2\C(=O)NC(=O)N(c3ccc(C)cc3)C2=O)cc(OC)c1OCc1ccc(F)cc1. The molecule has 0 radical (unpaired) electrons. The number of rotatable bonds is 8. The maximum absolute atomic E-state index is 13.2. The second-order valence-electron chi connectivity index (χ2n) is 8.41. The Hall–Kier alpha value is -4.72. The third-order valence-corrected chi connectivity index (χ3v) is 5.74. The van der Waals surface area contributed by atoms with Gasteiger partial charge in [-0.3, -0.25) is 14.9 Å². The molecule has 0 aromatic heterocycles. The van der Waals surface area contributed by atoms with Gasteiger partial charge in [0.1, 0.15) is 18.0 Å². The summed E-state index contributed by atoms with van der Waals surface area (Å²) in [4.78, 5) is 39.2. The van der Waals surface area contributed by atoms with Crippen molar-refractivity contribution < 1.29 is 28.2 Å². The van der Waals surface area contributed by atoms with Crippen molar-refractivity contribution in [2.45, 2.75) is 20.0 Å². The molecule has 0 aliphatic carbocycles. The van der Waals surface area contributed by atoms with Gasteiger partial charge >= 0.3 is 6.03 Å². The van der Waals surface area contributed by atoms with Crippen molar-refractivity contribution in [1.82, 2.24) is 5.32 Å². The van der Waals surface area contributed by atoms with Gasteiger partial charge < -0.3 is 9.47 Å². The third kappa shape index (κ3) is 5.59. The Morgan fingerprint density at radius 3 is 2.38 bits per heavy atom. The topological polar surface area (TPSA) is 84.9 Å². The predicted molar refractivity (Wildman–Crippen MR) is 138 cm³/mol. The third-order valence-electron chi connectivity index (χ3n) is 5.74. The lowest BCUT2D eigenvalue weighted by Gasteiger charge is -2.26. The Bertz CT molecular complexity index is 1400. The highest BCUT2D eigenvalue weighted by Gasteiger charge is 2.36. The smallest absolute Gasteiger partial charge is 0.335 e. The van der Waals surface area contributed by atoms with Crippen LogP contribution in [0.1, 0.15) is 22.3 Å². The van der Waals surface area contributed by atoms with Gasteiger partial charge in [0, 0.05) is 5.56 Å². The number of carbonyl (C=O) groups is 3. The number of halogens is 1. The second-order valence-corrected chi connectivity index (χ2v) is 8.41. The van der Waals surface area contributed by atoms with Gasteiger partial charge in [0.05, 0.1) is 12.8 Å². The fourth-order valence-corrected chi connectivity index (χ4v) is 3.88. The molecule has 1 saturated heterocycles. The Morgan fingerprint density at radius 2 is 1.73 bits per heavy atom. The van der Waals surface area contributed by atoms with E-state index in [1.54, 1.807) is 54.6 Å². The van der Waals surface area contributed by atoms with Crippen molar-refractivity contribution in [1.29, 1.82) is 0 Å². The molecule has 1 heterocycles. The average molecular weight is 501 g/mol. The first kappa shape index (κ1) is 25.4. The van der Waals surface area contributed by atoms with Crippen LogP contribution in [0.25, 0.3) is 6.08 Å². The molecule has 1 N–H and O–H groups in total. The number of nitrogens with zero attached hydrogens (tertiary/aromatic N) is 1. The zero-order valence-corrected chi connectivity index (χ0v) is 20.4. The summed E-state index contributed by atoms with van der Waals surface area (Å²) in [5, 5.41) is 2.23. The van der Waals surface area contributed by atoms with E-state index >= 15 is 0 Å². The lowest BCUT2D eigenvalue weighted by atomic mass is 10.0. The molecule has 0 saturated carbocycles. The maximum Gasteiger partial charge on any atom is 0.335 e. The number of amides is 4. The molecule has 1 fully saturated rings. The van der Waals surface area contributed by atoms with Gasteiger partial charge in [-0.15, -0.1) is 6.58 Å². The average Bonchev–Trinajstić information content (AvgIpc) is 2.88. The number of benzene rings is 3. The number of aryl methyl sites for hydroxylation is 1. The molecular formula is C29H25FN2O5. The van der Waals surface area contributed by atoms with Crippen LogP contribution < -0.4 is 19.7 Å². The number of hydrogen-bond acceptors (Lipinski definition) is 5. The molecule has 7 nitrogen and oxygen atoms in total. The van der Waals surface area contributed by atoms with Gasteiger partial charge in [-0.2, -0.15) is 0 Å². The van der Waals surface area contributed by atoms with E-state index in [0.717, 1.165) is 16.0 Å².